The molecule has 0 fully saturated rings. The molecule has 80 valence electrons. The lowest BCUT2D eigenvalue weighted by Gasteiger charge is -2.04. The summed E-state index contributed by atoms with van der Waals surface area (Å²) in [4.78, 5) is 8.34. The highest BCUT2D eigenvalue weighted by molar-refractivity contribution is 7.80. The first-order valence-electron chi connectivity index (χ1n) is 4.41. The number of aromatic nitrogens is 2. The van der Waals surface area contributed by atoms with Crippen molar-refractivity contribution in [2.24, 2.45) is 10.8 Å². The number of aryl methyl sites for hydroxylation is 2. The van der Waals surface area contributed by atoms with Crippen LogP contribution in [-0.4, -0.2) is 20.8 Å². The molecule has 1 aromatic heterocycles. The topological polar surface area (TPSA) is 76.2 Å². The van der Waals surface area contributed by atoms with Crippen molar-refractivity contribution in [2.45, 2.75) is 20.8 Å². The van der Waals surface area contributed by atoms with E-state index in [9.17, 15) is 0 Å². The molecule has 0 bridgehead atoms. The molecular weight excluding hydrogens is 210 g/mol. The van der Waals surface area contributed by atoms with Gasteiger partial charge < -0.3 is 5.73 Å². The quantitative estimate of drug-likeness (QED) is 0.437. The Balaban J connectivity index is 2.95. The summed E-state index contributed by atoms with van der Waals surface area (Å²) >= 11 is 4.65. The molecule has 5 nitrogen and oxygen atoms in total. The Bertz CT molecular complexity index is 413. The zero-order chi connectivity index (χ0) is 11.4. The summed E-state index contributed by atoms with van der Waals surface area (Å²) in [6.45, 7) is 5.59. The first-order valence-corrected chi connectivity index (χ1v) is 4.82. The molecule has 0 aliphatic rings. The molecule has 6 heteroatoms. The molecule has 15 heavy (non-hydrogen) atoms. The largest absolute Gasteiger partial charge is 0.375 e. The molecule has 0 saturated carbocycles. The molecule has 0 aliphatic heterocycles. The highest BCUT2D eigenvalue weighted by atomic mass is 32.1. The average Bonchev–Trinajstić information content (AvgIpc) is 2.14. The van der Waals surface area contributed by atoms with E-state index in [0.717, 1.165) is 22.8 Å². The Morgan fingerprint density at radius 2 is 2.20 bits per heavy atom. The number of hydrazone groups is 1. The molecule has 1 heterocycles. The predicted octanol–water partition coefficient (Wildman–Crippen LogP) is 0.651. The maximum atomic E-state index is 5.26. The first kappa shape index (κ1) is 11.5. The Hall–Kier alpha value is -1.56. The number of nitrogens with one attached hydrogen (secondary N) is 1. The van der Waals surface area contributed by atoms with Crippen LogP contribution in [0.25, 0.3) is 0 Å². The molecule has 0 unspecified atom stereocenters. The molecule has 0 radical (unpaired) electrons. The van der Waals surface area contributed by atoms with E-state index >= 15 is 0 Å². The third-order valence-corrected chi connectivity index (χ3v) is 1.91. The fourth-order valence-electron chi connectivity index (χ4n) is 1.14. The highest BCUT2D eigenvalue weighted by Crippen LogP contribution is 2.04. The number of thiocarbonyl (C=S) groups is 1. The SMILES string of the molecule is C/C(=N/NC(N)=S)c1cnc(C)nc1C. The van der Waals surface area contributed by atoms with Crippen LogP contribution in [0.15, 0.2) is 11.3 Å². The molecule has 1 rings (SSSR count). The number of hydrogen-bond acceptors (Lipinski definition) is 4. The highest BCUT2D eigenvalue weighted by Gasteiger charge is 2.04. The Labute approximate surface area is 93.8 Å². The van der Waals surface area contributed by atoms with Crippen molar-refractivity contribution in [1.29, 1.82) is 0 Å². The summed E-state index contributed by atoms with van der Waals surface area (Å²) < 4.78 is 0. The van der Waals surface area contributed by atoms with E-state index < -0.39 is 0 Å². The van der Waals surface area contributed by atoms with Crippen LogP contribution < -0.4 is 11.2 Å². The summed E-state index contributed by atoms with van der Waals surface area (Å²) in [5.41, 5.74) is 10.3. The molecular formula is C9H13N5S. The van der Waals surface area contributed by atoms with Gasteiger partial charge in [0.25, 0.3) is 0 Å². The minimum Gasteiger partial charge on any atom is -0.375 e. The second-order valence-corrected chi connectivity index (χ2v) is 3.53. The van der Waals surface area contributed by atoms with E-state index in [1.54, 1.807) is 6.20 Å². The molecule has 0 spiro atoms. The number of hydrogen-bond donors (Lipinski definition) is 2. The first-order chi connectivity index (χ1) is 7.00. The molecule has 0 saturated heterocycles. The lowest BCUT2D eigenvalue weighted by atomic mass is 10.1. The van der Waals surface area contributed by atoms with Crippen molar-refractivity contribution in [1.82, 2.24) is 15.4 Å². The van der Waals surface area contributed by atoms with E-state index in [4.69, 9.17) is 5.73 Å². The maximum absolute atomic E-state index is 5.26. The van der Waals surface area contributed by atoms with Gasteiger partial charge in [0.1, 0.15) is 5.82 Å². The molecule has 1 aromatic rings. The van der Waals surface area contributed by atoms with Crippen LogP contribution >= 0.6 is 12.2 Å². The number of nitrogens with zero attached hydrogens (tertiary/aromatic N) is 3. The lowest BCUT2D eigenvalue weighted by molar-refractivity contribution is 0.989. The molecule has 0 aromatic carbocycles. The van der Waals surface area contributed by atoms with Gasteiger partial charge in [0.2, 0.25) is 0 Å². The van der Waals surface area contributed by atoms with Gasteiger partial charge in [-0.3, -0.25) is 5.43 Å². The minimum absolute atomic E-state index is 0.139. The zero-order valence-electron chi connectivity index (χ0n) is 8.90. The number of nitrogens with two attached hydrogens (primary N) is 1. The van der Waals surface area contributed by atoms with Gasteiger partial charge in [0, 0.05) is 11.8 Å². The summed E-state index contributed by atoms with van der Waals surface area (Å²) in [5.74, 6) is 0.742. The van der Waals surface area contributed by atoms with Gasteiger partial charge in [-0.2, -0.15) is 5.10 Å². The normalized spacial score (nSPS) is 11.3. The van der Waals surface area contributed by atoms with E-state index in [1.165, 1.54) is 0 Å². The van der Waals surface area contributed by atoms with Crippen LogP contribution in [0.5, 0.6) is 0 Å². The van der Waals surface area contributed by atoms with Crippen molar-refractivity contribution in [3.05, 3.63) is 23.3 Å². The van der Waals surface area contributed by atoms with Crippen LogP contribution in [0.4, 0.5) is 0 Å². The average molecular weight is 223 g/mol. The van der Waals surface area contributed by atoms with Crippen molar-refractivity contribution < 1.29 is 0 Å². The second kappa shape index (κ2) is 4.79. The van der Waals surface area contributed by atoms with E-state index in [0.29, 0.717) is 0 Å². The van der Waals surface area contributed by atoms with E-state index in [2.05, 4.69) is 32.7 Å². The smallest absolute Gasteiger partial charge is 0.184 e. The monoisotopic (exact) mass is 223 g/mol. The third-order valence-electron chi connectivity index (χ3n) is 1.82. The fourth-order valence-corrected chi connectivity index (χ4v) is 1.18. The summed E-state index contributed by atoms with van der Waals surface area (Å²) in [5, 5.41) is 4.14. The lowest BCUT2D eigenvalue weighted by Crippen LogP contribution is -2.25. The summed E-state index contributed by atoms with van der Waals surface area (Å²) in [6, 6.07) is 0. The van der Waals surface area contributed by atoms with Crippen molar-refractivity contribution in [3.63, 3.8) is 0 Å². The predicted molar refractivity (Wildman–Crippen MR) is 63.6 cm³/mol. The van der Waals surface area contributed by atoms with Crippen LogP contribution in [-0.2, 0) is 0 Å². The molecule has 0 atom stereocenters. The van der Waals surface area contributed by atoms with Crippen LogP contribution in [0, 0.1) is 13.8 Å². The number of rotatable bonds is 2. The zero-order valence-corrected chi connectivity index (χ0v) is 9.72. The van der Waals surface area contributed by atoms with Crippen molar-refractivity contribution >= 4 is 23.0 Å². The van der Waals surface area contributed by atoms with Crippen molar-refractivity contribution in [2.75, 3.05) is 0 Å². The van der Waals surface area contributed by atoms with Gasteiger partial charge in [-0.05, 0) is 33.0 Å². The van der Waals surface area contributed by atoms with Crippen LogP contribution in [0.1, 0.15) is 24.0 Å². The van der Waals surface area contributed by atoms with Crippen molar-refractivity contribution in [3.8, 4) is 0 Å². The maximum Gasteiger partial charge on any atom is 0.184 e. The summed E-state index contributed by atoms with van der Waals surface area (Å²) in [6.07, 6.45) is 1.73. The minimum atomic E-state index is 0.139. The van der Waals surface area contributed by atoms with Gasteiger partial charge >= 0.3 is 0 Å². The molecule has 0 aliphatic carbocycles. The van der Waals surface area contributed by atoms with Gasteiger partial charge in [-0.25, -0.2) is 9.97 Å². The third kappa shape index (κ3) is 3.25. The molecule has 3 N–H and O–H groups in total. The standard InChI is InChI=1S/C9H13N5S/c1-5-8(4-11-7(3)12-5)6(2)13-14-9(10)15/h4H,1-3H3,(H3,10,14,15)/b13-6-. The van der Waals surface area contributed by atoms with Crippen LogP contribution in [0.2, 0.25) is 0 Å². The molecule has 0 amide bonds. The Kier molecular flexibility index (Phi) is 3.68. The summed E-state index contributed by atoms with van der Waals surface area (Å²) in [7, 11) is 0. The Morgan fingerprint density at radius 3 is 2.73 bits per heavy atom. The van der Waals surface area contributed by atoms with E-state index in [-0.39, 0.29) is 5.11 Å². The van der Waals surface area contributed by atoms with E-state index in [1.807, 2.05) is 20.8 Å². The van der Waals surface area contributed by atoms with Gasteiger partial charge in [-0.1, -0.05) is 0 Å². The van der Waals surface area contributed by atoms with Gasteiger partial charge in [-0.15, -0.1) is 0 Å². The fraction of sp³-hybridized carbons (Fsp3) is 0.333. The van der Waals surface area contributed by atoms with Crippen LogP contribution in [0.3, 0.4) is 0 Å². The second-order valence-electron chi connectivity index (χ2n) is 3.09. The Morgan fingerprint density at radius 1 is 1.53 bits per heavy atom. The van der Waals surface area contributed by atoms with Gasteiger partial charge in [0.05, 0.1) is 11.4 Å². The van der Waals surface area contributed by atoms with Gasteiger partial charge in [0.15, 0.2) is 5.11 Å².